The molecule has 0 radical (unpaired) electrons. The number of carbonyl (C=O) groups is 1. The van der Waals surface area contributed by atoms with E-state index in [1.807, 2.05) is 30.3 Å². The number of aryl methyl sites for hydroxylation is 1. The van der Waals surface area contributed by atoms with E-state index in [0.29, 0.717) is 17.8 Å². The lowest BCUT2D eigenvalue weighted by Gasteiger charge is -2.31. The highest BCUT2D eigenvalue weighted by molar-refractivity contribution is 7.60. The van der Waals surface area contributed by atoms with E-state index >= 15 is 0 Å². The highest BCUT2D eigenvalue weighted by Gasteiger charge is 2.35. The van der Waals surface area contributed by atoms with Crippen molar-refractivity contribution in [3.05, 3.63) is 54.1 Å². The zero-order valence-corrected chi connectivity index (χ0v) is 16.2. The molecule has 2 aromatic carbocycles. The van der Waals surface area contributed by atoms with Crippen molar-refractivity contribution in [2.45, 2.75) is 39.5 Å². The lowest BCUT2D eigenvalue weighted by molar-refractivity contribution is -0.115. The molecule has 6 heteroatoms. The van der Waals surface area contributed by atoms with Crippen molar-refractivity contribution >= 4 is 30.7 Å². The van der Waals surface area contributed by atoms with Crippen molar-refractivity contribution < 1.29 is 19.1 Å². The predicted molar refractivity (Wildman–Crippen MR) is 106 cm³/mol. The smallest absolute Gasteiger partial charge is 0.321 e. The first-order valence-corrected chi connectivity index (χ1v) is 10.5. The van der Waals surface area contributed by atoms with E-state index in [1.165, 1.54) is 6.07 Å². The molecular formula is C20H27NO4P+. The van der Waals surface area contributed by atoms with Crippen molar-refractivity contribution in [1.29, 1.82) is 0 Å². The predicted octanol–water partition coefficient (Wildman–Crippen LogP) is 4.17. The summed E-state index contributed by atoms with van der Waals surface area (Å²) in [7, 11) is -4.42. The topological polar surface area (TPSA) is 74.6 Å². The van der Waals surface area contributed by atoms with Crippen LogP contribution in [0, 0.1) is 6.92 Å². The van der Waals surface area contributed by atoms with Gasteiger partial charge in [-0.15, -0.1) is 0 Å². The summed E-state index contributed by atoms with van der Waals surface area (Å²) in [6.45, 7) is 4.35. The van der Waals surface area contributed by atoms with Gasteiger partial charge in [-0.05, 0) is 25.3 Å². The molecule has 2 aromatic rings. The van der Waals surface area contributed by atoms with Crippen LogP contribution in [0.1, 0.15) is 38.2 Å². The second-order valence-corrected chi connectivity index (χ2v) is 8.18. The van der Waals surface area contributed by atoms with Gasteiger partial charge in [0.05, 0.1) is 11.8 Å². The molecule has 0 saturated carbocycles. The second-order valence-electron chi connectivity index (χ2n) is 6.61. The van der Waals surface area contributed by atoms with E-state index in [4.69, 9.17) is 0 Å². The summed E-state index contributed by atoms with van der Waals surface area (Å²) in [5.74, 6) is 0. The zero-order chi connectivity index (χ0) is 19.2. The number of amides is 1. The van der Waals surface area contributed by atoms with Crippen LogP contribution in [0.15, 0.2) is 48.5 Å². The molecule has 0 saturated heterocycles. The van der Waals surface area contributed by atoms with Gasteiger partial charge in [-0.2, -0.15) is 4.48 Å². The van der Waals surface area contributed by atoms with Gasteiger partial charge in [0.1, 0.15) is 11.4 Å². The lowest BCUT2D eigenvalue weighted by Crippen LogP contribution is -2.44. The second kappa shape index (κ2) is 8.74. The van der Waals surface area contributed by atoms with Gasteiger partial charge in [0, 0.05) is 24.3 Å². The van der Waals surface area contributed by atoms with Crippen LogP contribution < -0.4 is 9.79 Å². The Balaban J connectivity index is 2.57. The van der Waals surface area contributed by atoms with Gasteiger partial charge in [-0.25, -0.2) is 4.79 Å². The fourth-order valence-electron chi connectivity index (χ4n) is 3.22. The standard InChI is InChI=1S/C20H26NO4P/c1-3-4-5-9-14-21(16-22,18-10-7-6-8-11-18)19-13-12-17(2)20(15-19)26(23,24)25/h6-8,10-13,15-16H,3-5,9,14H2,1-2H3,(H-,23,24,25)/p+1. The fraction of sp³-hybridized carbons (Fsp3) is 0.350. The Bertz CT molecular complexity index is 788. The minimum absolute atomic E-state index is 0.0242. The molecule has 5 nitrogen and oxygen atoms in total. The van der Waals surface area contributed by atoms with Crippen molar-refractivity contribution in [1.82, 2.24) is 4.48 Å². The highest BCUT2D eigenvalue weighted by atomic mass is 31.2. The van der Waals surface area contributed by atoms with Gasteiger partial charge in [0.15, 0.2) is 0 Å². The summed E-state index contributed by atoms with van der Waals surface area (Å²) in [6.07, 6.45) is 4.92. The minimum atomic E-state index is -4.42. The van der Waals surface area contributed by atoms with Crippen LogP contribution in [0.3, 0.4) is 0 Å². The van der Waals surface area contributed by atoms with E-state index < -0.39 is 7.60 Å². The number of hydrogen-bond acceptors (Lipinski definition) is 2. The number of unbranched alkanes of at least 4 members (excludes halogenated alkanes) is 3. The number of benzene rings is 2. The Kier molecular flexibility index (Phi) is 6.90. The summed E-state index contributed by atoms with van der Waals surface area (Å²) in [6, 6.07) is 14.3. The Morgan fingerprint density at radius 3 is 2.27 bits per heavy atom. The van der Waals surface area contributed by atoms with Gasteiger partial charge in [0.25, 0.3) is 0 Å². The molecule has 0 heterocycles. The maximum Gasteiger partial charge on any atom is 0.356 e. The molecule has 0 aliphatic heterocycles. The first kappa shape index (κ1) is 20.5. The summed E-state index contributed by atoms with van der Waals surface area (Å²) < 4.78 is 11.8. The fourth-order valence-corrected chi connectivity index (χ4v) is 4.06. The van der Waals surface area contributed by atoms with Crippen LogP contribution in [0.4, 0.5) is 11.4 Å². The number of nitrogens with zero attached hydrogens (tertiary/aromatic N) is 1. The number of carbonyl (C=O) groups excluding carboxylic acids is 1. The minimum Gasteiger partial charge on any atom is -0.321 e. The number of hydrogen-bond donors (Lipinski definition) is 2. The summed E-state index contributed by atoms with van der Waals surface area (Å²) in [4.78, 5) is 31.6. The van der Waals surface area contributed by atoms with Crippen molar-refractivity contribution in [3.63, 3.8) is 0 Å². The van der Waals surface area contributed by atoms with E-state index in [2.05, 4.69) is 6.92 Å². The number of quaternary nitrogens is 1. The monoisotopic (exact) mass is 376 g/mol. The van der Waals surface area contributed by atoms with Gasteiger partial charge in [0.2, 0.25) is 0 Å². The van der Waals surface area contributed by atoms with Crippen molar-refractivity contribution in [3.8, 4) is 0 Å². The van der Waals surface area contributed by atoms with E-state index in [1.54, 1.807) is 19.1 Å². The Labute approximate surface area is 155 Å². The molecule has 26 heavy (non-hydrogen) atoms. The summed E-state index contributed by atoms with van der Waals surface area (Å²) in [5.41, 5.74) is 1.89. The number of rotatable bonds is 9. The average molecular weight is 376 g/mol. The third kappa shape index (κ3) is 4.49. The quantitative estimate of drug-likeness (QED) is 0.298. The molecule has 140 valence electrons. The van der Waals surface area contributed by atoms with Gasteiger partial charge < -0.3 is 9.79 Å². The Hall–Kier alpha value is -1.78. The van der Waals surface area contributed by atoms with Crippen molar-refractivity contribution in [2.75, 3.05) is 6.54 Å². The van der Waals surface area contributed by atoms with Crippen LogP contribution >= 0.6 is 7.60 Å². The lowest BCUT2D eigenvalue weighted by atomic mass is 10.1. The maximum absolute atomic E-state index is 12.3. The molecule has 1 atom stereocenters. The Morgan fingerprint density at radius 1 is 1.00 bits per heavy atom. The first-order valence-electron chi connectivity index (χ1n) is 8.92. The van der Waals surface area contributed by atoms with Crippen LogP contribution in [0.5, 0.6) is 0 Å². The molecule has 2 N–H and O–H groups in total. The summed E-state index contributed by atoms with van der Waals surface area (Å²) >= 11 is 0. The zero-order valence-electron chi connectivity index (χ0n) is 15.3. The van der Waals surface area contributed by atoms with Gasteiger partial charge in [-0.1, -0.05) is 44.0 Å². The normalized spacial score (nSPS) is 14.0. The van der Waals surface area contributed by atoms with Gasteiger partial charge in [-0.3, -0.25) is 4.57 Å². The Morgan fingerprint density at radius 2 is 1.69 bits per heavy atom. The molecule has 0 fully saturated rings. The molecule has 1 unspecified atom stereocenters. The van der Waals surface area contributed by atoms with E-state index in [0.717, 1.165) is 37.8 Å². The van der Waals surface area contributed by atoms with Crippen LogP contribution in [0.2, 0.25) is 0 Å². The van der Waals surface area contributed by atoms with Crippen LogP contribution in [0.25, 0.3) is 0 Å². The van der Waals surface area contributed by atoms with Crippen LogP contribution in [-0.2, 0) is 9.36 Å². The molecular weight excluding hydrogens is 349 g/mol. The van der Waals surface area contributed by atoms with Gasteiger partial charge >= 0.3 is 14.0 Å². The molecule has 0 aromatic heterocycles. The third-order valence-corrected chi connectivity index (χ3v) is 5.84. The molecule has 0 spiro atoms. The third-order valence-electron chi connectivity index (χ3n) is 4.73. The van der Waals surface area contributed by atoms with E-state index in [9.17, 15) is 19.1 Å². The molecule has 2 rings (SSSR count). The average Bonchev–Trinajstić information content (AvgIpc) is 2.63. The SMILES string of the molecule is CCCCCC[N+](C=O)(c1ccccc1)c1ccc(C)c(P(=O)(O)O)c1. The molecule has 1 amide bonds. The molecule has 0 bridgehead atoms. The summed E-state index contributed by atoms with van der Waals surface area (Å²) in [5, 5.41) is -0.0242. The largest absolute Gasteiger partial charge is 0.356 e. The highest BCUT2D eigenvalue weighted by Crippen LogP contribution is 2.39. The van der Waals surface area contributed by atoms with Crippen LogP contribution in [-0.4, -0.2) is 22.7 Å². The first-order chi connectivity index (χ1) is 12.3. The molecule has 0 aliphatic rings. The van der Waals surface area contributed by atoms with Crippen molar-refractivity contribution in [2.24, 2.45) is 0 Å². The maximum atomic E-state index is 12.3. The van der Waals surface area contributed by atoms with E-state index in [-0.39, 0.29) is 9.79 Å². The number of para-hydroxylation sites is 1. The molecule has 0 aliphatic carbocycles.